The van der Waals surface area contributed by atoms with Gasteiger partial charge in [-0.1, -0.05) is 92.6 Å². The molecule has 1 saturated heterocycles. The lowest BCUT2D eigenvalue weighted by molar-refractivity contribution is -0.164. The fraction of sp³-hybridized carbons (Fsp3) is 0.462. The number of hydrogen-bond acceptors (Lipinski definition) is 4. The van der Waals surface area contributed by atoms with Crippen LogP contribution in [0.1, 0.15) is 43.7 Å². The average Bonchev–Trinajstić information content (AvgIpc) is 3.14. The molecular weight excluding hydrogens is 376 g/mol. The summed E-state index contributed by atoms with van der Waals surface area (Å²) >= 11 is 0. The molecule has 1 aliphatic heterocycles. The summed E-state index contributed by atoms with van der Waals surface area (Å²) in [5.41, 5.74) is 2.25. The fourth-order valence-electron chi connectivity index (χ4n) is 3.64. The van der Waals surface area contributed by atoms with E-state index < -0.39 is 6.29 Å². The number of unbranched alkanes of at least 4 members (excludes halogenated alkanes) is 3. The maximum absolute atomic E-state index is 6.33. The van der Waals surface area contributed by atoms with Crippen molar-refractivity contribution in [3.8, 4) is 0 Å². The van der Waals surface area contributed by atoms with Crippen molar-refractivity contribution in [2.45, 2.75) is 70.4 Å². The molecule has 1 fully saturated rings. The van der Waals surface area contributed by atoms with Crippen molar-refractivity contribution in [1.29, 1.82) is 0 Å². The Bertz CT molecular complexity index is 731. The standard InChI is InChI=1S/C26H34O4/c1-3-4-5-6-13-18-23-24(28-19-21-14-9-7-10-15-21)25(26(27-2)30-23)29-20-22-16-11-8-12-17-22/h7-18,23-26H,3-6,19-20H2,1-2H3/b18-13-/t23-,24-,25-,26-/m1/s1. The molecule has 0 bridgehead atoms. The van der Waals surface area contributed by atoms with Gasteiger partial charge in [0.1, 0.15) is 18.3 Å². The molecule has 162 valence electrons. The van der Waals surface area contributed by atoms with Gasteiger partial charge < -0.3 is 18.9 Å². The molecule has 0 saturated carbocycles. The molecule has 0 radical (unpaired) electrons. The van der Waals surface area contributed by atoms with Crippen LogP contribution in [0.2, 0.25) is 0 Å². The van der Waals surface area contributed by atoms with E-state index in [2.05, 4.69) is 43.3 Å². The Morgan fingerprint density at radius 2 is 1.43 bits per heavy atom. The number of benzene rings is 2. The zero-order valence-corrected chi connectivity index (χ0v) is 18.1. The third kappa shape index (κ3) is 6.78. The molecule has 3 rings (SSSR count). The van der Waals surface area contributed by atoms with E-state index in [4.69, 9.17) is 18.9 Å². The molecule has 0 N–H and O–H groups in total. The largest absolute Gasteiger partial charge is 0.368 e. The summed E-state index contributed by atoms with van der Waals surface area (Å²) in [5.74, 6) is 0. The quantitative estimate of drug-likeness (QED) is 0.334. The first-order chi connectivity index (χ1) is 14.8. The van der Waals surface area contributed by atoms with Crippen LogP contribution in [0, 0.1) is 0 Å². The van der Waals surface area contributed by atoms with Gasteiger partial charge in [-0.3, -0.25) is 0 Å². The summed E-state index contributed by atoms with van der Waals surface area (Å²) in [7, 11) is 1.66. The van der Waals surface area contributed by atoms with Crippen LogP contribution >= 0.6 is 0 Å². The van der Waals surface area contributed by atoms with Gasteiger partial charge in [0.2, 0.25) is 0 Å². The Morgan fingerprint density at radius 1 is 0.833 bits per heavy atom. The van der Waals surface area contributed by atoms with Gasteiger partial charge in [-0.15, -0.1) is 0 Å². The minimum absolute atomic E-state index is 0.193. The van der Waals surface area contributed by atoms with Crippen molar-refractivity contribution in [3.05, 3.63) is 83.9 Å². The summed E-state index contributed by atoms with van der Waals surface area (Å²) in [5, 5.41) is 0. The van der Waals surface area contributed by atoms with Gasteiger partial charge >= 0.3 is 0 Å². The first kappa shape index (κ1) is 22.7. The van der Waals surface area contributed by atoms with Crippen LogP contribution < -0.4 is 0 Å². The molecule has 0 aromatic heterocycles. The summed E-state index contributed by atoms with van der Waals surface area (Å²) in [6, 6.07) is 20.4. The Kier molecular flexibility index (Phi) is 9.58. The van der Waals surface area contributed by atoms with Crippen molar-refractivity contribution in [1.82, 2.24) is 0 Å². The summed E-state index contributed by atoms with van der Waals surface area (Å²) in [6.07, 6.45) is 7.83. The van der Waals surface area contributed by atoms with Crippen LogP contribution in [0.3, 0.4) is 0 Å². The van der Waals surface area contributed by atoms with Gasteiger partial charge in [0.15, 0.2) is 6.29 Å². The zero-order valence-electron chi connectivity index (χ0n) is 18.1. The molecule has 1 aliphatic rings. The van der Waals surface area contributed by atoms with Gasteiger partial charge in [-0.2, -0.15) is 0 Å². The first-order valence-electron chi connectivity index (χ1n) is 11.0. The maximum atomic E-state index is 6.33. The lowest BCUT2D eigenvalue weighted by Gasteiger charge is -2.24. The molecule has 0 amide bonds. The van der Waals surface area contributed by atoms with Crippen LogP contribution in [0.4, 0.5) is 0 Å². The predicted octanol–water partition coefficient (Wildman–Crippen LogP) is 5.67. The molecule has 0 aliphatic carbocycles. The predicted molar refractivity (Wildman–Crippen MR) is 119 cm³/mol. The molecule has 0 spiro atoms. The van der Waals surface area contributed by atoms with E-state index in [9.17, 15) is 0 Å². The Labute approximate surface area is 180 Å². The maximum Gasteiger partial charge on any atom is 0.186 e. The number of methoxy groups -OCH3 is 1. The van der Waals surface area contributed by atoms with Crippen molar-refractivity contribution in [2.75, 3.05) is 7.11 Å². The molecule has 4 heteroatoms. The molecule has 30 heavy (non-hydrogen) atoms. The normalized spacial score (nSPS) is 23.9. The highest BCUT2D eigenvalue weighted by atomic mass is 16.7. The lowest BCUT2D eigenvalue weighted by atomic mass is 10.1. The Balaban J connectivity index is 1.68. The third-order valence-electron chi connectivity index (χ3n) is 5.31. The molecule has 4 nitrogen and oxygen atoms in total. The highest BCUT2D eigenvalue weighted by Crippen LogP contribution is 2.30. The SMILES string of the molecule is CCCCC/C=C\[C@H]1O[C@@H](OC)[C@H](OCc2ccccc2)[C@@H]1OCc1ccccc1. The second kappa shape index (κ2) is 12.7. The second-order valence-electron chi connectivity index (χ2n) is 7.65. The summed E-state index contributed by atoms with van der Waals surface area (Å²) < 4.78 is 24.4. The van der Waals surface area contributed by atoms with E-state index in [-0.39, 0.29) is 18.3 Å². The first-order valence-corrected chi connectivity index (χ1v) is 11.0. The van der Waals surface area contributed by atoms with Gasteiger partial charge in [-0.05, 0) is 24.0 Å². The van der Waals surface area contributed by atoms with Crippen molar-refractivity contribution in [3.63, 3.8) is 0 Å². The summed E-state index contributed by atoms with van der Waals surface area (Å²) in [6.45, 7) is 3.22. The minimum atomic E-state index is -0.459. The Hall–Kier alpha value is -1.98. The second-order valence-corrected chi connectivity index (χ2v) is 7.65. The topological polar surface area (TPSA) is 36.9 Å². The van der Waals surface area contributed by atoms with E-state index in [1.165, 1.54) is 19.3 Å². The van der Waals surface area contributed by atoms with Gasteiger partial charge in [0.05, 0.1) is 13.2 Å². The van der Waals surface area contributed by atoms with Crippen LogP contribution in [-0.4, -0.2) is 31.7 Å². The van der Waals surface area contributed by atoms with Gasteiger partial charge in [0, 0.05) is 7.11 Å². The highest BCUT2D eigenvalue weighted by molar-refractivity contribution is 5.15. The third-order valence-corrected chi connectivity index (χ3v) is 5.31. The van der Waals surface area contributed by atoms with E-state index in [1.807, 2.05) is 36.4 Å². The smallest absolute Gasteiger partial charge is 0.186 e. The lowest BCUT2D eigenvalue weighted by Crippen LogP contribution is -2.37. The minimum Gasteiger partial charge on any atom is -0.368 e. The highest BCUT2D eigenvalue weighted by Gasteiger charge is 2.45. The monoisotopic (exact) mass is 410 g/mol. The van der Waals surface area contributed by atoms with Crippen LogP contribution in [-0.2, 0) is 32.2 Å². The molecular formula is C26H34O4. The number of ether oxygens (including phenoxy) is 4. The van der Waals surface area contributed by atoms with E-state index >= 15 is 0 Å². The number of allylic oxidation sites excluding steroid dienone is 1. The van der Waals surface area contributed by atoms with E-state index in [0.29, 0.717) is 13.2 Å². The number of hydrogen-bond donors (Lipinski definition) is 0. The van der Waals surface area contributed by atoms with Crippen LogP contribution in [0.15, 0.2) is 72.8 Å². The molecule has 2 aromatic carbocycles. The average molecular weight is 411 g/mol. The molecule has 2 aromatic rings. The van der Waals surface area contributed by atoms with Gasteiger partial charge in [0.25, 0.3) is 0 Å². The van der Waals surface area contributed by atoms with Crippen molar-refractivity contribution >= 4 is 0 Å². The van der Waals surface area contributed by atoms with Gasteiger partial charge in [-0.25, -0.2) is 0 Å². The molecule has 1 heterocycles. The van der Waals surface area contributed by atoms with E-state index in [1.54, 1.807) is 7.11 Å². The fourth-order valence-corrected chi connectivity index (χ4v) is 3.64. The Morgan fingerprint density at radius 3 is 2.00 bits per heavy atom. The molecule has 4 atom stereocenters. The number of rotatable bonds is 12. The zero-order chi connectivity index (χ0) is 21.0. The van der Waals surface area contributed by atoms with Crippen LogP contribution in [0.25, 0.3) is 0 Å². The van der Waals surface area contributed by atoms with E-state index in [0.717, 1.165) is 17.5 Å². The molecule has 0 unspecified atom stereocenters. The van der Waals surface area contributed by atoms with Crippen molar-refractivity contribution in [2.24, 2.45) is 0 Å². The van der Waals surface area contributed by atoms with Crippen molar-refractivity contribution < 1.29 is 18.9 Å². The summed E-state index contributed by atoms with van der Waals surface area (Å²) in [4.78, 5) is 0. The van der Waals surface area contributed by atoms with Crippen LogP contribution in [0.5, 0.6) is 0 Å².